The maximum atomic E-state index is 12.1. The van der Waals surface area contributed by atoms with Gasteiger partial charge in [-0.15, -0.1) is 0 Å². The molecular weight excluding hydrogens is 372 g/mol. The van der Waals surface area contributed by atoms with Crippen LogP contribution in [0.2, 0.25) is 0 Å². The molecule has 3 rings (SSSR count). The fourth-order valence-corrected chi connectivity index (χ4v) is 3.33. The molecule has 0 unspecified atom stereocenters. The van der Waals surface area contributed by atoms with Crippen LogP contribution in [0.1, 0.15) is 23.2 Å². The number of benzene rings is 2. The van der Waals surface area contributed by atoms with Gasteiger partial charge in [0.2, 0.25) is 5.91 Å². The number of hydrogen-bond acceptors (Lipinski definition) is 4. The number of carbonyl (C=O) groups excluding carboxylic acids is 2. The fourth-order valence-electron chi connectivity index (χ4n) is 2.53. The molecule has 1 aromatic heterocycles. The molecule has 0 radical (unpaired) electrons. The average Bonchev–Trinajstić information content (AvgIpc) is 3.12. The van der Waals surface area contributed by atoms with Gasteiger partial charge in [-0.1, -0.05) is 30.0 Å². The van der Waals surface area contributed by atoms with Crippen molar-refractivity contribution in [1.29, 1.82) is 0 Å². The van der Waals surface area contributed by atoms with Crippen molar-refractivity contribution in [2.45, 2.75) is 22.9 Å². The van der Waals surface area contributed by atoms with Crippen LogP contribution in [0, 0.1) is 0 Å². The summed E-state index contributed by atoms with van der Waals surface area (Å²) in [5.74, 6) is -0.194. The Bertz CT molecular complexity index is 923. The van der Waals surface area contributed by atoms with E-state index in [4.69, 9.17) is 0 Å². The van der Waals surface area contributed by atoms with Gasteiger partial charge in [-0.2, -0.15) is 0 Å². The highest BCUT2D eigenvalue weighted by Gasteiger charge is 2.06. The smallest absolute Gasteiger partial charge is 0.251 e. The van der Waals surface area contributed by atoms with Crippen LogP contribution in [0.5, 0.6) is 0 Å². The summed E-state index contributed by atoms with van der Waals surface area (Å²) in [7, 11) is 1.95. The summed E-state index contributed by atoms with van der Waals surface area (Å²) in [6, 6.07) is 16.7. The zero-order chi connectivity index (χ0) is 19.8. The van der Waals surface area contributed by atoms with Crippen LogP contribution in [-0.2, 0) is 11.8 Å². The van der Waals surface area contributed by atoms with Crippen molar-refractivity contribution in [3.05, 3.63) is 72.6 Å². The first-order valence-electron chi connectivity index (χ1n) is 9.00. The second-order valence-corrected chi connectivity index (χ2v) is 7.26. The third-order valence-electron chi connectivity index (χ3n) is 4.03. The van der Waals surface area contributed by atoms with E-state index >= 15 is 0 Å². The lowest BCUT2D eigenvalue weighted by molar-refractivity contribution is -0.116. The number of hydrogen-bond donors (Lipinski definition) is 2. The second-order valence-electron chi connectivity index (χ2n) is 6.22. The molecule has 7 heteroatoms. The Morgan fingerprint density at radius 3 is 2.50 bits per heavy atom. The van der Waals surface area contributed by atoms with Gasteiger partial charge in [-0.25, -0.2) is 4.98 Å². The molecular formula is C21H22N4O2S. The standard InChI is InChI=1S/C21H22N4O2S/c1-25-15-14-23-21(25)28-18-11-9-17(10-12-18)24-19(26)8-5-13-22-20(27)16-6-3-2-4-7-16/h2-4,6-7,9-12,14-15H,5,8,13H2,1H3,(H,22,27)(H,24,26). The zero-order valence-electron chi connectivity index (χ0n) is 15.6. The number of nitrogens with zero attached hydrogens (tertiary/aromatic N) is 2. The van der Waals surface area contributed by atoms with Crippen LogP contribution in [0.25, 0.3) is 0 Å². The van der Waals surface area contributed by atoms with E-state index in [1.807, 2.05) is 60.3 Å². The molecule has 0 atom stereocenters. The van der Waals surface area contributed by atoms with Gasteiger partial charge in [0.15, 0.2) is 5.16 Å². The number of anilines is 1. The van der Waals surface area contributed by atoms with Gasteiger partial charge < -0.3 is 15.2 Å². The predicted octanol–water partition coefficient (Wildman–Crippen LogP) is 3.72. The Morgan fingerprint density at radius 1 is 1.07 bits per heavy atom. The number of nitrogens with one attached hydrogen (secondary N) is 2. The third kappa shape index (κ3) is 5.72. The van der Waals surface area contributed by atoms with E-state index in [2.05, 4.69) is 15.6 Å². The van der Waals surface area contributed by atoms with E-state index in [1.54, 1.807) is 30.1 Å². The van der Waals surface area contributed by atoms with Gasteiger partial charge >= 0.3 is 0 Å². The van der Waals surface area contributed by atoms with E-state index in [0.29, 0.717) is 24.9 Å². The molecule has 28 heavy (non-hydrogen) atoms. The third-order valence-corrected chi connectivity index (χ3v) is 5.11. The Labute approximate surface area is 168 Å². The van der Waals surface area contributed by atoms with Crippen LogP contribution in [0.4, 0.5) is 5.69 Å². The molecule has 2 N–H and O–H groups in total. The number of rotatable bonds is 8. The SMILES string of the molecule is Cn1ccnc1Sc1ccc(NC(=O)CCCNC(=O)c2ccccc2)cc1. The Morgan fingerprint density at radius 2 is 1.82 bits per heavy atom. The predicted molar refractivity (Wildman–Crippen MR) is 110 cm³/mol. The molecule has 0 saturated heterocycles. The monoisotopic (exact) mass is 394 g/mol. The Balaban J connectivity index is 1.39. The minimum absolute atomic E-state index is 0.0709. The van der Waals surface area contributed by atoms with E-state index in [0.717, 1.165) is 15.7 Å². The van der Waals surface area contributed by atoms with Gasteiger partial charge in [0, 0.05) is 48.6 Å². The van der Waals surface area contributed by atoms with Crippen LogP contribution in [0.3, 0.4) is 0 Å². The molecule has 0 saturated carbocycles. The van der Waals surface area contributed by atoms with Crippen LogP contribution in [0.15, 0.2) is 77.0 Å². The number of aryl methyl sites for hydroxylation is 1. The first kappa shape index (κ1) is 19.7. The molecule has 0 aliphatic carbocycles. The van der Waals surface area contributed by atoms with E-state index in [9.17, 15) is 9.59 Å². The lowest BCUT2D eigenvalue weighted by atomic mass is 10.2. The van der Waals surface area contributed by atoms with Gasteiger partial charge in [0.25, 0.3) is 5.91 Å². The molecule has 0 aliphatic rings. The van der Waals surface area contributed by atoms with Gasteiger partial charge in [-0.05, 0) is 42.8 Å². The molecule has 0 spiro atoms. The summed E-state index contributed by atoms with van der Waals surface area (Å²) < 4.78 is 1.96. The highest BCUT2D eigenvalue weighted by Crippen LogP contribution is 2.26. The largest absolute Gasteiger partial charge is 0.352 e. The number of amides is 2. The maximum Gasteiger partial charge on any atom is 0.251 e. The summed E-state index contributed by atoms with van der Waals surface area (Å²) in [6.07, 6.45) is 4.59. The van der Waals surface area contributed by atoms with Crippen molar-refractivity contribution in [2.75, 3.05) is 11.9 Å². The molecule has 0 bridgehead atoms. The molecule has 0 fully saturated rings. The minimum Gasteiger partial charge on any atom is -0.352 e. The summed E-state index contributed by atoms with van der Waals surface area (Å²) >= 11 is 1.57. The highest BCUT2D eigenvalue weighted by molar-refractivity contribution is 7.99. The van der Waals surface area contributed by atoms with Crippen molar-refractivity contribution >= 4 is 29.3 Å². The Hall–Kier alpha value is -3.06. The van der Waals surface area contributed by atoms with Crippen LogP contribution in [-0.4, -0.2) is 27.9 Å². The molecule has 2 aromatic carbocycles. The normalized spacial score (nSPS) is 10.5. The number of imidazole rings is 1. The molecule has 0 aliphatic heterocycles. The number of carbonyl (C=O) groups is 2. The summed E-state index contributed by atoms with van der Waals surface area (Å²) in [5.41, 5.74) is 1.37. The summed E-state index contributed by atoms with van der Waals surface area (Å²) in [6.45, 7) is 0.459. The molecule has 6 nitrogen and oxygen atoms in total. The molecule has 144 valence electrons. The first-order chi connectivity index (χ1) is 13.6. The number of aromatic nitrogens is 2. The topological polar surface area (TPSA) is 76.0 Å². The zero-order valence-corrected chi connectivity index (χ0v) is 16.4. The highest BCUT2D eigenvalue weighted by atomic mass is 32.2. The van der Waals surface area contributed by atoms with Crippen molar-refractivity contribution in [3.8, 4) is 0 Å². The maximum absolute atomic E-state index is 12.1. The quantitative estimate of drug-likeness (QED) is 0.571. The summed E-state index contributed by atoms with van der Waals surface area (Å²) in [4.78, 5) is 29.3. The van der Waals surface area contributed by atoms with E-state index in [1.165, 1.54) is 0 Å². The molecule has 3 aromatic rings. The average molecular weight is 395 g/mol. The first-order valence-corrected chi connectivity index (χ1v) is 9.82. The van der Waals surface area contributed by atoms with E-state index in [-0.39, 0.29) is 11.8 Å². The van der Waals surface area contributed by atoms with Crippen LogP contribution >= 0.6 is 11.8 Å². The lowest BCUT2D eigenvalue weighted by Gasteiger charge is -2.08. The molecule has 2 amide bonds. The lowest BCUT2D eigenvalue weighted by Crippen LogP contribution is -2.25. The Kier molecular flexibility index (Phi) is 6.86. The van der Waals surface area contributed by atoms with Crippen molar-refractivity contribution < 1.29 is 9.59 Å². The van der Waals surface area contributed by atoms with Gasteiger partial charge in [-0.3, -0.25) is 9.59 Å². The van der Waals surface area contributed by atoms with Crippen molar-refractivity contribution in [1.82, 2.24) is 14.9 Å². The minimum atomic E-state index is -0.123. The summed E-state index contributed by atoms with van der Waals surface area (Å²) in [5, 5.41) is 6.61. The van der Waals surface area contributed by atoms with Crippen LogP contribution < -0.4 is 10.6 Å². The van der Waals surface area contributed by atoms with E-state index < -0.39 is 0 Å². The second kappa shape index (κ2) is 9.75. The molecule has 1 heterocycles. The van der Waals surface area contributed by atoms with Gasteiger partial charge in [0.1, 0.15) is 0 Å². The van der Waals surface area contributed by atoms with Crippen molar-refractivity contribution in [2.24, 2.45) is 7.05 Å². The fraction of sp³-hybridized carbons (Fsp3) is 0.190. The van der Waals surface area contributed by atoms with Gasteiger partial charge in [0.05, 0.1) is 0 Å². The van der Waals surface area contributed by atoms with Crippen molar-refractivity contribution in [3.63, 3.8) is 0 Å².